The number of rotatable bonds is 6. The lowest BCUT2D eigenvalue weighted by Gasteiger charge is -2.53. The quantitative estimate of drug-likeness (QED) is 0.709. The van der Waals surface area contributed by atoms with Crippen LogP contribution in [-0.2, 0) is 4.74 Å². The molecule has 0 aromatic rings. The SMILES string of the molecule is COCC(C)(C)CC(C)(C)N1CC(N(C)C)C1. The first-order chi connectivity index (χ1) is 7.68. The first kappa shape index (κ1) is 14.9. The van der Waals surface area contributed by atoms with Gasteiger partial charge in [0.15, 0.2) is 0 Å². The Morgan fingerprint density at radius 2 is 1.71 bits per heavy atom. The molecule has 0 N–H and O–H groups in total. The van der Waals surface area contributed by atoms with Crippen molar-refractivity contribution in [1.29, 1.82) is 0 Å². The Balaban J connectivity index is 2.47. The summed E-state index contributed by atoms with van der Waals surface area (Å²) in [5.74, 6) is 0. The first-order valence-corrected chi connectivity index (χ1v) is 6.58. The van der Waals surface area contributed by atoms with Gasteiger partial charge in [0.2, 0.25) is 0 Å². The lowest BCUT2D eigenvalue weighted by Crippen LogP contribution is -2.64. The molecule has 1 rings (SSSR count). The van der Waals surface area contributed by atoms with Crippen LogP contribution in [0.3, 0.4) is 0 Å². The molecule has 102 valence electrons. The molecule has 0 atom stereocenters. The van der Waals surface area contributed by atoms with Gasteiger partial charge in [-0.15, -0.1) is 0 Å². The highest BCUT2D eigenvalue weighted by Gasteiger charge is 2.40. The van der Waals surface area contributed by atoms with Gasteiger partial charge in [0.05, 0.1) is 6.61 Å². The fourth-order valence-electron chi connectivity index (χ4n) is 3.00. The third-order valence-corrected chi connectivity index (χ3v) is 3.89. The van der Waals surface area contributed by atoms with Crippen molar-refractivity contribution in [3.63, 3.8) is 0 Å². The summed E-state index contributed by atoms with van der Waals surface area (Å²) in [5, 5.41) is 0. The van der Waals surface area contributed by atoms with E-state index in [2.05, 4.69) is 51.6 Å². The van der Waals surface area contributed by atoms with Crippen LogP contribution in [-0.4, -0.2) is 62.3 Å². The monoisotopic (exact) mass is 242 g/mol. The van der Waals surface area contributed by atoms with E-state index in [-0.39, 0.29) is 11.0 Å². The fourth-order valence-corrected chi connectivity index (χ4v) is 3.00. The number of nitrogens with zero attached hydrogens (tertiary/aromatic N) is 2. The standard InChI is InChI=1S/C14H30N2O/c1-13(2,11-17-7)10-14(3,4)16-8-12(9-16)15(5)6/h12H,8-11H2,1-7H3. The topological polar surface area (TPSA) is 15.7 Å². The molecule has 1 heterocycles. The molecule has 1 fully saturated rings. The van der Waals surface area contributed by atoms with Crippen LogP contribution in [0.15, 0.2) is 0 Å². The Morgan fingerprint density at radius 3 is 2.12 bits per heavy atom. The molecule has 0 spiro atoms. The largest absolute Gasteiger partial charge is 0.384 e. The second-order valence-electron chi connectivity index (χ2n) is 7.11. The maximum atomic E-state index is 5.32. The summed E-state index contributed by atoms with van der Waals surface area (Å²) in [6, 6.07) is 0.736. The zero-order valence-electron chi connectivity index (χ0n) is 12.7. The summed E-state index contributed by atoms with van der Waals surface area (Å²) < 4.78 is 5.32. The van der Waals surface area contributed by atoms with Crippen molar-refractivity contribution in [2.45, 2.75) is 45.7 Å². The van der Waals surface area contributed by atoms with Crippen molar-refractivity contribution < 1.29 is 4.74 Å². The number of ether oxygens (including phenoxy) is 1. The fraction of sp³-hybridized carbons (Fsp3) is 1.00. The molecule has 0 aromatic heterocycles. The lowest BCUT2D eigenvalue weighted by atomic mass is 9.78. The van der Waals surface area contributed by atoms with E-state index >= 15 is 0 Å². The molecule has 0 saturated carbocycles. The van der Waals surface area contributed by atoms with Crippen LogP contribution in [0.25, 0.3) is 0 Å². The van der Waals surface area contributed by atoms with E-state index in [1.807, 2.05) is 0 Å². The molecule has 0 bridgehead atoms. The Labute approximate surface area is 107 Å². The number of hydrogen-bond acceptors (Lipinski definition) is 3. The van der Waals surface area contributed by atoms with Crippen LogP contribution in [0.4, 0.5) is 0 Å². The molecule has 0 radical (unpaired) electrons. The van der Waals surface area contributed by atoms with Gasteiger partial charge < -0.3 is 9.64 Å². The van der Waals surface area contributed by atoms with Crippen molar-refractivity contribution in [1.82, 2.24) is 9.80 Å². The summed E-state index contributed by atoms with van der Waals surface area (Å²) in [6.07, 6.45) is 1.17. The molecule has 0 aliphatic carbocycles. The second-order valence-corrected chi connectivity index (χ2v) is 7.11. The summed E-state index contributed by atoms with van der Waals surface area (Å²) in [6.45, 7) is 12.5. The summed E-state index contributed by atoms with van der Waals surface area (Å²) in [7, 11) is 6.13. The number of likely N-dealkylation sites (tertiary alicyclic amines) is 1. The molecule has 3 nitrogen and oxygen atoms in total. The Hall–Kier alpha value is -0.120. The van der Waals surface area contributed by atoms with Gasteiger partial charge in [-0.05, 0) is 39.8 Å². The van der Waals surface area contributed by atoms with E-state index < -0.39 is 0 Å². The molecule has 3 heteroatoms. The second kappa shape index (κ2) is 5.25. The Bertz CT molecular complexity index is 243. The number of likely N-dealkylation sites (N-methyl/N-ethyl adjacent to an activating group) is 1. The third-order valence-electron chi connectivity index (χ3n) is 3.89. The van der Waals surface area contributed by atoms with Gasteiger partial charge in [0, 0.05) is 31.8 Å². The Kier molecular flexibility index (Phi) is 4.61. The molecular weight excluding hydrogens is 212 g/mol. The van der Waals surface area contributed by atoms with E-state index in [9.17, 15) is 0 Å². The first-order valence-electron chi connectivity index (χ1n) is 6.58. The average molecular weight is 242 g/mol. The maximum absolute atomic E-state index is 5.32. The van der Waals surface area contributed by atoms with Gasteiger partial charge in [-0.3, -0.25) is 4.90 Å². The van der Waals surface area contributed by atoms with Gasteiger partial charge >= 0.3 is 0 Å². The summed E-state index contributed by atoms with van der Waals surface area (Å²) in [5.41, 5.74) is 0.524. The molecule has 1 aliphatic heterocycles. The zero-order valence-corrected chi connectivity index (χ0v) is 12.7. The lowest BCUT2D eigenvalue weighted by molar-refractivity contribution is -0.0414. The number of hydrogen-bond donors (Lipinski definition) is 0. The predicted molar refractivity (Wildman–Crippen MR) is 73.4 cm³/mol. The van der Waals surface area contributed by atoms with Crippen molar-refractivity contribution >= 4 is 0 Å². The molecule has 1 saturated heterocycles. The van der Waals surface area contributed by atoms with E-state index in [4.69, 9.17) is 4.74 Å². The van der Waals surface area contributed by atoms with Crippen LogP contribution < -0.4 is 0 Å². The predicted octanol–water partition coefficient (Wildman–Crippen LogP) is 2.07. The minimum Gasteiger partial charge on any atom is -0.384 e. The van der Waals surface area contributed by atoms with Gasteiger partial charge in [-0.25, -0.2) is 0 Å². The third kappa shape index (κ3) is 3.94. The van der Waals surface area contributed by atoms with Crippen LogP contribution >= 0.6 is 0 Å². The summed E-state index contributed by atoms with van der Waals surface area (Å²) >= 11 is 0. The van der Waals surface area contributed by atoms with E-state index in [1.165, 1.54) is 19.5 Å². The van der Waals surface area contributed by atoms with Crippen molar-refractivity contribution in [2.24, 2.45) is 5.41 Å². The van der Waals surface area contributed by atoms with E-state index in [0.29, 0.717) is 0 Å². The van der Waals surface area contributed by atoms with Crippen LogP contribution in [0.5, 0.6) is 0 Å². The van der Waals surface area contributed by atoms with Gasteiger partial charge in [0.25, 0.3) is 0 Å². The normalized spacial score (nSPS) is 19.8. The van der Waals surface area contributed by atoms with Gasteiger partial charge in [-0.1, -0.05) is 13.8 Å². The van der Waals surface area contributed by atoms with Crippen molar-refractivity contribution in [3.8, 4) is 0 Å². The Morgan fingerprint density at radius 1 is 1.18 bits per heavy atom. The summed E-state index contributed by atoms with van der Waals surface area (Å²) in [4.78, 5) is 4.92. The molecule has 1 aliphatic rings. The molecule has 0 unspecified atom stereocenters. The van der Waals surface area contributed by atoms with Crippen molar-refractivity contribution in [2.75, 3.05) is 40.9 Å². The van der Waals surface area contributed by atoms with E-state index in [1.54, 1.807) is 7.11 Å². The smallest absolute Gasteiger partial charge is 0.0514 e. The highest BCUT2D eigenvalue weighted by Crippen LogP contribution is 2.35. The van der Waals surface area contributed by atoms with Crippen molar-refractivity contribution in [3.05, 3.63) is 0 Å². The zero-order chi connectivity index (χ0) is 13.3. The number of methoxy groups -OCH3 is 1. The highest BCUT2D eigenvalue weighted by molar-refractivity contribution is 4.97. The van der Waals surface area contributed by atoms with Crippen LogP contribution in [0.2, 0.25) is 0 Å². The van der Waals surface area contributed by atoms with Crippen LogP contribution in [0.1, 0.15) is 34.1 Å². The highest BCUT2D eigenvalue weighted by atomic mass is 16.5. The molecular formula is C14H30N2O. The molecule has 0 aromatic carbocycles. The average Bonchev–Trinajstić information content (AvgIpc) is 1.94. The van der Waals surface area contributed by atoms with Gasteiger partial charge in [-0.2, -0.15) is 0 Å². The van der Waals surface area contributed by atoms with E-state index in [0.717, 1.165) is 12.6 Å². The van der Waals surface area contributed by atoms with Gasteiger partial charge in [0.1, 0.15) is 0 Å². The minimum absolute atomic E-state index is 0.251. The molecule has 0 amide bonds. The minimum atomic E-state index is 0.251. The maximum Gasteiger partial charge on any atom is 0.0514 e. The molecule has 17 heavy (non-hydrogen) atoms. The van der Waals surface area contributed by atoms with Crippen LogP contribution in [0, 0.1) is 5.41 Å².